The predicted molar refractivity (Wildman–Crippen MR) is 67.2 cm³/mol. The number of nitrogens with zero attached hydrogens (tertiary/aromatic N) is 1. The minimum atomic E-state index is -1.13. The Bertz CT molecular complexity index is 407. The second-order valence-corrected chi connectivity index (χ2v) is 5.05. The molecule has 1 aliphatic heterocycles. The van der Waals surface area contributed by atoms with Crippen molar-refractivity contribution < 1.29 is 19.5 Å². The third-order valence-corrected chi connectivity index (χ3v) is 3.47. The van der Waals surface area contributed by atoms with Gasteiger partial charge in [0.25, 0.3) is 0 Å². The fourth-order valence-corrected chi connectivity index (χ4v) is 2.16. The summed E-state index contributed by atoms with van der Waals surface area (Å²) in [5.41, 5.74) is 0. The van der Waals surface area contributed by atoms with Crippen molar-refractivity contribution in [2.24, 2.45) is 5.92 Å². The molecule has 0 atom stereocenters. The Morgan fingerprint density at radius 1 is 1.05 bits per heavy atom. The van der Waals surface area contributed by atoms with Crippen LogP contribution in [0.4, 0.5) is 0 Å². The molecule has 2 N–H and O–H groups in total. The molecular weight excluding hydrogens is 248 g/mol. The van der Waals surface area contributed by atoms with E-state index < -0.39 is 5.97 Å². The third-order valence-electron chi connectivity index (χ3n) is 3.47. The Labute approximate surface area is 111 Å². The first-order valence-electron chi connectivity index (χ1n) is 6.56. The van der Waals surface area contributed by atoms with E-state index in [9.17, 15) is 14.4 Å². The summed E-state index contributed by atoms with van der Waals surface area (Å²) >= 11 is 0. The Balaban J connectivity index is 1.73. The fourth-order valence-electron chi connectivity index (χ4n) is 2.16. The lowest BCUT2D eigenvalue weighted by Crippen LogP contribution is -2.46. The van der Waals surface area contributed by atoms with Crippen LogP contribution in [0.1, 0.15) is 25.7 Å². The molecule has 6 heteroatoms. The molecule has 0 aromatic carbocycles. The second kappa shape index (κ2) is 5.86. The van der Waals surface area contributed by atoms with Gasteiger partial charge in [0.15, 0.2) is 0 Å². The number of carbonyl (C=O) groups excluding carboxylic acids is 2. The number of nitrogens with one attached hydrogen (secondary N) is 1. The number of rotatable bonds is 4. The Morgan fingerprint density at radius 3 is 2.21 bits per heavy atom. The molecule has 1 saturated carbocycles. The van der Waals surface area contributed by atoms with Crippen LogP contribution in [-0.4, -0.2) is 46.9 Å². The monoisotopic (exact) mass is 266 g/mol. The van der Waals surface area contributed by atoms with Crippen LogP contribution in [-0.2, 0) is 14.4 Å². The molecule has 19 heavy (non-hydrogen) atoms. The zero-order chi connectivity index (χ0) is 13.8. The summed E-state index contributed by atoms with van der Waals surface area (Å²) < 4.78 is 0. The smallest absolute Gasteiger partial charge is 0.328 e. The summed E-state index contributed by atoms with van der Waals surface area (Å²) in [7, 11) is 0. The van der Waals surface area contributed by atoms with E-state index in [2.05, 4.69) is 5.32 Å². The van der Waals surface area contributed by atoms with Gasteiger partial charge < -0.3 is 15.3 Å². The molecule has 1 heterocycles. The molecule has 0 bridgehead atoms. The molecule has 1 saturated heterocycles. The summed E-state index contributed by atoms with van der Waals surface area (Å²) in [6.45, 7) is 1.11. The van der Waals surface area contributed by atoms with Gasteiger partial charge >= 0.3 is 5.97 Å². The highest BCUT2D eigenvalue weighted by Gasteiger charge is 2.32. The molecule has 0 aromatic rings. The number of carbonyl (C=O) groups is 3. The quantitative estimate of drug-likeness (QED) is 0.709. The number of amides is 2. The average Bonchev–Trinajstić information content (AvgIpc) is 3.21. The Morgan fingerprint density at radius 2 is 1.68 bits per heavy atom. The van der Waals surface area contributed by atoms with E-state index in [0.717, 1.165) is 37.8 Å². The van der Waals surface area contributed by atoms with Crippen molar-refractivity contribution in [3.05, 3.63) is 12.2 Å². The number of carboxylic acid groups (broad SMARTS) is 1. The fraction of sp³-hybridized carbons (Fsp3) is 0.615. The minimum absolute atomic E-state index is 0.135. The van der Waals surface area contributed by atoms with Crippen LogP contribution < -0.4 is 5.32 Å². The maximum Gasteiger partial charge on any atom is 0.328 e. The molecule has 0 radical (unpaired) electrons. The van der Waals surface area contributed by atoms with Crippen LogP contribution in [0.2, 0.25) is 0 Å². The zero-order valence-electron chi connectivity index (χ0n) is 10.7. The van der Waals surface area contributed by atoms with Crippen molar-refractivity contribution in [2.75, 3.05) is 13.1 Å². The van der Waals surface area contributed by atoms with Crippen LogP contribution >= 0.6 is 0 Å². The van der Waals surface area contributed by atoms with Gasteiger partial charge in [0.2, 0.25) is 11.8 Å². The largest absolute Gasteiger partial charge is 0.478 e. The van der Waals surface area contributed by atoms with Gasteiger partial charge in [-0.3, -0.25) is 9.59 Å². The lowest BCUT2D eigenvalue weighted by atomic mass is 10.0. The standard InChI is InChI=1S/C13H18N2O4/c16-11(3-4-12(17)18)15-7-5-10(6-8-15)14-13(19)9-1-2-9/h3-4,9-10H,1-2,5-8H2,(H,14,19)(H,17,18)/b4-3+. The molecule has 104 valence electrons. The number of aliphatic carboxylic acids is 1. The number of hydrogen-bond donors (Lipinski definition) is 2. The molecule has 0 aromatic heterocycles. The molecule has 2 rings (SSSR count). The molecule has 2 amide bonds. The van der Waals surface area contributed by atoms with E-state index in [-0.39, 0.29) is 23.8 Å². The molecule has 0 spiro atoms. The highest BCUT2D eigenvalue weighted by atomic mass is 16.4. The van der Waals surface area contributed by atoms with Gasteiger partial charge in [0.1, 0.15) is 0 Å². The SMILES string of the molecule is O=C(O)/C=C/C(=O)N1CCC(NC(=O)C2CC2)CC1. The zero-order valence-corrected chi connectivity index (χ0v) is 10.7. The first-order valence-corrected chi connectivity index (χ1v) is 6.56. The summed E-state index contributed by atoms with van der Waals surface area (Å²) in [5.74, 6) is -1.07. The number of hydrogen-bond acceptors (Lipinski definition) is 3. The van der Waals surface area contributed by atoms with Gasteiger partial charge in [-0.15, -0.1) is 0 Å². The van der Waals surface area contributed by atoms with E-state index in [0.29, 0.717) is 13.1 Å². The highest BCUT2D eigenvalue weighted by molar-refractivity contribution is 5.94. The third kappa shape index (κ3) is 4.08. The van der Waals surface area contributed by atoms with Crippen LogP contribution in [0.25, 0.3) is 0 Å². The second-order valence-electron chi connectivity index (χ2n) is 5.05. The van der Waals surface area contributed by atoms with E-state index >= 15 is 0 Å². The van der Waals surface area contributed by atoms with Crippen molar-refractivity contribution in [1.82, 2.24) is 10.2 Å². The maximum atomic E-state index is 11.6. The van der Waals surface area contributed by atoms with E-state index in [4.69, 9.17) is 5.11 Å². The maximum absolute atomic E-state index is 11.6. The van der Waals surface area contributed by atoms with Gasteiger partial charge in [-0.2, -0.15) is 0 Å². The van der Waals surface area contributed by atoms with E-state index in [1.807, 2.05) is 0 Å². The number of likely N-dealkylation sites (tertiary alicyclic amines) is 1. The molecule has 2 fully saturated rings. The normalized spacial score (nSPS) is 20.5. The first-order chi connectivity index (χ1) is 9.06. The van der Waals surface area contributed by atoms with Crippen molar-refractivity contribution in [3.8, 4) is 0 Å². The van der Waals surface area contributed by atoms with Crippen LogP contribution in [0.5, 0.6) is 0 Å². The van der Waals surface area contributed by atoms with Crippen molar-refractivity contribution in [3.63, 3.8) is 0 Å². The van der Waals surface area contributed by atoms with Gasteiger partial charge in [-0.05, 0) is 25.7 Å². The minimum Gasteiger partial charge on any atom is -0.478 e. The number of piperidine rings is 1. The Kier molecular flexibility index (Phi) is 4.19. The van der Waals surface area contributed by atoms with Crippen LogP contribution in [0, 0.1) is 5.92 Å². The molecule has 6 nitrogen and oxygen atoms in total. The van der Waals surface area contributed by atoms with Crippen molar-refractivity contribution in [1.29, 1.82) is 0 Å². The summed E-state index contributed by atoms with van der Waals surface area (Å²) in [5, 5.41) is 11.5. The summed E-state index contributed by atoms with van der Waals surface area (Å²) in [6, 6.07) is 0.139. The van der Waals surface area contributed by atoms with Crippen LogP contribution in [0.3, 0.4) is 0 Å². The number of carboxylic acids is 1. The van der Waals surface area contributed by atoms with Crippen molar-refractivity contribution in [2.45, 2.75) is 31.7 Å². The van der Waals surface area contributed by atoms with Crippen LogP contribution in [0.15, 0.2) is 12.2 Å². The lowest BCUT2D eigenvalue weighted by Gasteiger charge is -2.31. The van der Waals surface area contributed by atoms with Gasteiger partial charge in [-0.25, -0.2) is 4.79 Å². The van der Waals surface area contributed by atoms with Gasteiger partial charge in [-0.1, -0.05) is 0 Å². The average molecular weight is 266 g/mol. The molecule has 2 aliphatic rings. The van der Waals surface area contributed by atoms with E-state index in [1.54, 1.807) is 4.90 Å². The van der Waals surface area contributed by atoms with Gasteiger partial charge in [0.05, 0.1) is 0 Å². The van der Waals surface area contributed by atoms with Crippen molar-refractivity contribution >= 4 is 17.8 Å². The lowest BCUT2D eigenvalue weighted by molar-refractivity contribution is -0.132. The first kappa shape index (κ1) is 13.6. The molecular formula is C13H18N2O4. The van der Waals surface area contributed by atoms with Gasteiger partial charge in [0, 0.05) is 37.2 Å². The van der Waals surface area contributed by atoms with E-state index in [1.165, 1.54) is 0 Å². The Hall–Kier alpha value is -1.85. The predicted octanol–water partition coefficient (Wildman–Crippen LogP) is 0.144. The topological polar surface area (TPSA) is 86.7 Å². The summed E-state index contributed by atoms with van der Waals surface area (Å²) in [6.07, 6.45) is 5.36. The molecule has 0 unspecified atom stereocenters. The summed E-state index contributed by atoms with van der Waals surface area (Å²) in [4.78, 5) is 35.2. The molecule has 1 aliphatic carbocycles. The highest BCUT2D eigenvalue weighted by Crippen LogP contribution is 2.29.